The lowest BCUT2D eigenvalue weighted by Crippen LogP contribution is -2.26. The number of carbonyl (C=O) groups excluding carboxylic acids is 1. The van der Waals surface area contributed by atoms with Crippen LogP contribution in [0.2, 0.25) is 0 Å². The van der Waals surface area contributed by atoms with E-state index in [9.17, 15) is 4.79 Å². The van der Waals surface area contributed by atoms with Crippen LogP contribution in [0.15, 0.2) is 30.3 Å². The fraction of sp³-hybridized carbons (Fsp3) is 0.462. The van der Waals surface area contributed by atoms with E-state index in [1.54, 1.807) is 11.8 Å². The number of thioether (sulfide) groups is 1. The van der Waals surface area contributed by atoms with Gasteiger partial charge in [0.05, 0.1) is 0 Å². The number of carbonyl (C=O) groups is 1. The number of rotatable bonds is 7. The number of hydrogen-bond donors (Lipinski definition) is 0. The summed E-state index contributed by atoms with van der Waals surface area (Å²) in [5.41, 5.74) is 0. The normalized spacial score (nSPS) is 11.9. The van der Waals surface area contributed by atoms with Gasteiger partial charge in [0.25, 0.3) is 0 Å². The highest BCUT2D eigenvalue weighted by atomic mass is 32.2. The molecule has 0 bridgehead atoms. The minimum absolute atomic E-state index is 0.183. The molecule has 0 aliphatic heterocycles. The summed E-state index contributed by atoms with van der Waals surface area (Å²) < 4.78 is 10.8. The fourth-order valence-electron chi connectivity index (χ4n) is 1.31. The molecular weight excluding hydrogens is 236 g/mol. The number of para-hydroxylation sites is 1. The molecule has 0 radical (unpaired) electrons. The third-order valence-corrected chi connectivity index (χ3v) is 3.04. The minimum atomic E-state index is -0.261. The first-order chi connectivity index (χ1) is 8.22. The molecule has 0 aliphatic carbocycles. The number of esters is 1. The van der Waals surface area contributed by atoms with Crippen LogP contribution in [-0.2, 0) is 9.53 Å². The Labute approximate surface area is 106 Å². The largest absolute Gasteiger partial charge is 0.490 e. The van der Waals surface area contributed by atoms with Gasteiger partial charge in [-0.05, 0) is 17.9 Å². The Morgan fingerprint density at radius 3 is 2.65 bits per heavy atom. The maximum absolute atomic E-state index is 10.9. The van der Waals surface area contributed by atoms with E-state index in [0.29, 0.717) is 6.61 Å². The zero-order valence-electron chi connectivity index (χ0n) is 10.2. The second-order valence-electron chi connectivity index (χ2n) is 3.51. The summed E-state index contributed by atoms with van der Waals surface area (Å²) >= 11 is 1.74. The van der Waals surface area contributed by atoms with Crippen molar-refractivity contribution in [3.8, 4) is 5.75 Å². The average molecular weight is 254 g/mol. The molecule has 17 heavy (non-hydrogen) atoms. The Morgan fingerprint density at radius 1 is 1.35 bits per heavy atom. The summed E-state index contributed by atoms with van der Waals surface area (Å²) in [4.78, 5) is 10.9. The van der Waals surface area contributed by atoms with E-state index in [-0.39, 0.29) is 12.1 Å². The minimum Gasteiger partial charge on any atom is -0.490 e. The van der Waals surface area contributed by atoms with Crippen LogP contribution in [0, 0.1) is 0 Å². The molecule has 0 fully saturated rings. The van der Waals surface area contributed by atoms with E-state index in [4.69, 9.17) is 9.47 Å². The lowest BCUT2D eigenvalue weighted by atomic mass is 10.3. The Kier molecular flexibility index (Phi) is 6.55. The summed E-state index contributed by atoms with van der Waals surface area (Å²) in [5.74, 6) is 2.31. The maximum atomic E-state index is 10.9. The Hall–Kier alpha value is -1.16. The van der Waals surface area contributed by atoms with Crippen LogP contribution >= 0.6 is 11.8 Å². The first-order valence-corrected chi connectivity index (χ1v) is 6.80. The Balaban J connectivity index is 2.40. The summed E-state index contributed by atoms with van der Waals surface area (Å²) in [6.07, 6.45) is -0.183. The fourth-order valence-corrected chi connectivity index (χ4v) is 1.97. The van der Waals surface area contributed by atoms with Gasteiger partial charge in [0.2, 0.25) is 0 Å². The third-order valence-electron chi connectivity index (χ3n) is 2.02. The SMILES string of the molecule is CCSC[C@H](COc1ccccc1)OC(C)=O. The molecule has 0 unspecified atom stereocenters. The van der Waals surface area contributed by atoms with Crippen molar-refractivity contribution >= 4 is 17.7 Å². The number of benzene rings is 1. The molecule has 0 heterocycles. The van der Waals surface area contributed by atoms with E-state index in [2.05, 4.69) is 6.92 Å². The van der Waals surface area contributed by atoms with E-state index in [0.717, 1.165) is 17.3 Å². The zero-order valence-corrected chi connectivity index (χ0v) is 11.0. The van der Waals surface area contributed by atoms with Gasteiger partial charge >= 0.3 is 5.97 Å². The maximum Gasteiger partial charge on any atom is 0.303 e. The first-order valence-electron chi connectivity index (χ1n) is 5.65. The monoisotopic (exact) mass is 254 g/mol. The molecule has 0 saturated carbocycles. The van der Waals surface area contributed by atoms with E-state index in [1.165, 1.54) is 6.92 Å². The van der Waals surface area contributed by atoms with Gasteiger partial charge in [0, 0.05) is 12.7 Å². The van der Waals surface area contributed by atoms with Crippen LogP contribution in [0.25, 0.3) is 0 Å². The van der Waals surface area contributed by atoms with Gasteiger partial charge in [-0.25, -0.2) is 0 Å². The molecule has 94 valence electrons. The van der Waals surface area contributed by atoms with Gasteiger partial charge < -0.3 is 9.47 Å². The summed E-state index contributed by atoms with van der Waals surface area (Å²) in [6, 6.07) is 9.53. The van der Waals surface area contributed by atoms with Gasteiger partial charge in [0.15, 0.2) is 0 Å². The average Bonchev–Trinajstić information content (AvgIpc) is 2.33. The smallest absolute Gasteiger partial charge is 0.303 e. The highest BCUT2D eigenvalue weighted by molar-refractivity contribution is 7.99. The lowest BCUT2D eigenvalue weighted by Gasteiger charge is -2.17. The molecule has 1 aromatic rings. The number of hydrogen-bond acceptors (Lipinski definition) is 4. The molecule has 0 spiro atoms. The predicted octanol–water partition coefficient (Wildman–Crippen LogP) is 2.75. The second-order valence-corrected chi connectivity index (χ2v) is 4.83. The highest BCUT2D eigenvalue weighted by Gasteiger charge is 2.12. The third kappa shape index (κ3) is 6.22. The van der Waals surface area contributed by atoms with Crippen molar-refractivity contribution in [2.45, 2.75) is 20.0 Å². The topological polar surface area (TPSA) is 35.5 Å². The van der Waals surface area contributed by atoms with Gasteiger partial charge in [-0.1, -0.05) is 25.1 Å². The molecule has 0 amide bonds. The Morgan fingerprint density at radius 2 is 2.06 bits per heavy atom. The van der Waals surface area contributed by atoms with Crippen molar-refractivity contribution in [2.75, 3.05) is 18.1 Å². The van der Waals surface area contributed by atoms with Gasteiger partial charge in [-0.2, -0.15) is 11.8 Å². The van der Waals surface area contributed by atoms with Crippen LogP contribution in [0.1, 0.15) is 13.8 Å². The molecule has 1 rings (SSSR count). The molecule has 3 nitrogen and oxygen atoms in total. The van der Waals surface area contributed by atoms with Crippen molar-refractivity contribution < 1.29 is 14.3 Å². The highest BCUT2D eigenvalue weighted by Crippen LogP contribution is 2.11. The van der Waals surface area contributed by atoms with Crippen LogP contribution in [0.5, 0.6) is 5.75 Å². The molecule has 0 aromatic heterocycles. The van der Waals surface area contributed by atoms with Crippen molar-refractivity contribution in [1.29, 1.82) is 0 Å². The van der Waals surface area contributed by atoms with Gasteiger partial charge in [-0.15, -0.1) is 0 Å². The van der Waals surface area contributed by atoms with E-state index >= 15 is 0 Å². The summed E-state index contributed by atoms with van der Waals surface area (Å²) in [6.45, 7) is 3.90. The van der Waals surface area contributed by atoms with Crippen molar-refractivity contribution in [3.05, 3.63) is 30.3 Å². The van der Waals surface area contributed by atoms with Gasteiger partial charge in [-0.3, -0.25) is 4.79 Å². The quantitative estimate of drug-likeness (QED) is 0.701. The van der Waals surface area contributed by atoms with Crippen LogP contribution < -0.4 is 4.74 Å². The predicted molar refractivity (Wildman–Crippen MR) is 70.5 cm³/mol. The molecule has 0 N–H and O–H groups in total. The van der Waals surface area contributed by atoms with Crippen LogP contribution in [-0.4, -0.2) is 30.2 Å². The molecular formula is C13H18O3S. The second kappa shape index (κ2) is 8.01. The number of ether oxygens (including phenoxy) is 2. The molecule has 1 aromatic carbocycles. The lowest BCUT2D eigenvalue weighted by molar-refractivity contribution is -0.146. The zero-order chi connectivity index (χ0) is 12.5. The van der Waals surface area contributed by atoms with Crippen molar-refractivity contribution in [2.24, 2.45) is 0 Å². The molecule has 0 aliphatic rings. The van der Waals surface area contributed by atoms with Crippen molar-refractivity contribution in [3.63, 3.8) is 0 Å². The molecule has 4 heteroatoms. The molecule has 1 atom stereocenters. The summed E-state index contributed by atoms with van der Waals surface area (Å²) in [7, 11) is 0. The standard InChI is InChI=1S/C13H18O3S/c1-3-17-10-13(16-11(2)14)9-15-12-7-5-4-6-8-12/h4-8,13H,3,9-10H2,1-2H3/t13-/m0/s1. The van der Waals surface area contributed by atoms with E-state index < -0.39 is 0 Å². The first kappa shape index (κ1) is 13.9. The Bertz CT molecular complexity index is 327. The summed E-state index contributed by atoms with van der Waals surface area (Å²) in [5, 5.41) is 0. The van der Waals surface area contributed by atoms with Crippen molar-refractivity contribution in [1.82, 2.24) is 0 Å². The van der Waals surface area contributed by atoms with E-state index in [1.807, 2.05) is 30.3 Å². The van der Waals surface area contributed by atoms with Crippen LogP contribution in [0.4, 0.5) is 0 Å². The van der Waals surface area contributed by atoms with Crippen LogP contribution in [0.3, 0.4) is 0 Å². The van der Waals surface area contributed by atoms with Gasteiger partial charge in [0.1, 0.15) is 18.5 Å². The molecule has 0 saturated heterocycles.